The molecule has 3 heterocycles. The van der Waals surface area contributed by atoms with Crippen LogP contribution in [0.4, 0.5) is 0 Å². The number of carbonyl (C=O) groups is 4. The van der Waals surface area contributed by atoms with E-state index in [0.29, 0.717) is 23.9 Å². The van der Waals surface area contributed by atoms with Crippen LogP contribution in [0.5, 0.6) is 0 Å². The van der Waals surface area contributed by atoms with Crippen molar-refractivity contribution in [1.29, 1.82) is 0 Å². The van der Waals surface area contributed by atoms with Gasteiger partial charge in [-0.3, -0.25) is 19.2 Å². The molecule has 0 unspecified atom stereocenters. The molecule has 1 aliphatic heterocycles. The summed E-state index contributed by atoms with van der Waals surface area (Å²) in [6, 6.07) is 39.0. The number of epoxide rings is 1. The molecule has 0 bridgehead atoms. The first-order valence-corrected chi connectivity index (χ1v) is 20.2. The van der Waals surface area contributed by atoms with Gasteiger partial charge in [-0.05, 0) is 60.1 Å². The summed E-state index contributed by atoms with van der Waals surface area (Å²) in [7, 11) is 0. The molecule has 0 radical (unpaired) electrons. The fourth-order valence-electron chi connectivity index (χ4n) is 7.45. The Morgan fingerprint density at radius 3 is 1.25 bits per heavy atom. The smallest absolute Gasteiger partial charge is 0.270 e. The summed E-state index contributed by atoms with van der Waals surface area (Å²) in [4.78, 5) is 64.4. The fourth-order valence-corrected chi connectivity index (χ4v) is 7.45. The van der Waals surface area contributed by atoms with Crippen LogP contribution in [0, 0.1) is 11.8 Å². The third-order valence-electron chi connectivity index (χ3n) is 10.7. The first-order chi connectivity index (χ1) is 28.5. The molecule has 0 spiro atoms. The largest absolute Gasteiger partial charge is 0.365 e. The molecule has 1 fully saturated rings. The quantitative estimate of drug-likeness (QED) is 0.0850. The Morgan fingerprint density at radius 2 is 0.864 bits per heavy atom. The minimum absolute atomic E-state index is 0.220. The van der Waals surface area contributed by atoms with E-state index in [1.54, 1.807) is 12.1 Å². The topological polar surface area (TPSA) is 155 Å². The van der Waals surface area contributed by atoms with Crippen molar-refractivity contribution in [3.8, 4) is 0 Å². The van der Waals surface area contributed by atoms with Crippen molar-refractivity contribution < 1.29 is 23.9 Å². The molecule has 4 N–H and O–H groups in total. The predicted octanol–water partition coefficient (Wildman–Crippen LogP) is 6.21. The Balaban J connectivity index is 1.09. The summed E-state index contributed by atoms with van der Waals surface area (Å²) in [5, 5.41) is 14.1. The van der Waals surface area contributed by atoms with Crippen LogP contribution in [0.3, 0.4) is 0 Å². The van der Waals surface area contributed by atoms with Crippen molar-refractivity contribution in [1.82, 2.24) is 31.2 Å². The maximum absolute atomic E-state index is 14.2. The van der Waals surface area contributed by atoms with Crippen LogP contribution in [-0.4, -0.2) is 70.0 Å². The molecular formula is C48H50N6O5. The number of fused-ring (bicyclic) bond motifs is 2. The van der Waals surface area contributed by atoms with E-state index in [9.17, 15) is 19.2 Å². The van der Waals surface area contributed by atoms with E-state index in [4.69, 9.17) is 4.74 Å². The minimum atomic E-state index is -0.862. The van der Waals surface area contributed by atoms with Crippen LogP contribution in [0.2, 0.25) is 0 Å². The van der Waals surface area contributed by atoms with Gasteiger partial charge in [0.2, 0.25) is 11.8 Å². The predicted molar refractivity (Wildman–Crippen MR) is 228 cm³/mol. The highest BCUT2D eigenvalue weighted by molar-refractivity contribution is 5.99. The van der Waals surface area contributed by atoms with Crippen LogP contribution in [0.25, 0.3) is 21.8 Å². The molecule has 7 rings (SSSR count). The summed E-state index contributed by atoms with van der Waals surface area (Å²) in [5.74, 6) is -2.08. The monoisotopic (exact) mass is 790 g/mol. The number of pyridine rings is 2. The zero-order chi connectivity index (χ0) is 41.5. The summed E-state index contributed by atoms with van der Waals surface area (Å²) < 4.78 is 6.43. The molecule has 1 aliphatic rings. The third kappa shape index (κ3) is 10.2. The van der Waals surface area contributed by atoms with Crippen molar-refractivity contribution in [2.45, 2.75) is 76.9 Å². The van der Waals surface area contributed by atoms with E-state index in [1.165, 1.54) is 0 Å². The molecule has 6 atom stereocenters. The van der Waals surface area contributed by atoms with Gasteiger partial charge in [0.1, 0.15) is 35.7 Å². The summed E-state index contributed by atoms with van der Waals surface area (Å²) in [6.07, 6.45) is -0.0250. The van der Waals surface area contributed by atoms with Crippen LogP contribution in [-0.2, 0) is 27.2 Å². The number of amides is 4. The van der Waals surface area contributed by atoms with Crippen LogP contribution < -0.4 is 21.3 Å². The zero-order valence-corrected chi connectivity index (χ0v) is 33.7. The van der Waals surface area contributed by atoms with Crippen molar-refractivity contribution in [2.75, 3.05) is 0 Å². The second kappa shape index (κ2) is 18.4. The van der Waals surface area contributed by atoms with E-state index in [2.05, 4.69) is 31.2 Å². The van der Waals surface area contributed by atoms with Gasteiger partial charge in [-0.15, -0.1) is 0 Å². The lowest BCUT2D eigenvalue weighted by Gasteiger charge is -2.27. The van der Waals surface area contributed by atoms with Gasteiger partial charge in [0, 0.05) is 10.8 Å². The Kier molecular flexibility index (Phi) is 12.7. The highest BCUT2D eigenvalue weighted by Crippen LogP contribution is 2.32. The second-order valence-electron chi connectivity index (χ2n) is 15.8. The van der Waals surface area contributed by atoms with E-state index >= 15 is 0 Å². The van der Waals surface area contributed by atoms with Gasteiger partial charge in [-0.25, -0.2) is 9.97 Å². The Labute approximate surface area is 344 Å². The van der Waals surface area contributed by atoms with Gasteiger partial charge in [-0.2, -0.15) is 0 Å². The van der Waals surface area contributed by atoms with Gasteiger partial charge in [-0.1, -0.05) is 137 Å². The van der Waals surface area contributed by atoms with Gasteiger partial charge in [0.25, 0.3) is 11.8 Å². The maximum atomic E-state index is 14.2. The van der Waals surface area contributed by atoms with E-state index in [1.807, 2.05) is 149 Å². The lowest BCUT2D eigenvalue weighted by molar-refractivity contribution is -0.125. The number of ether oxygens (including phenoxy) is 1. The first-order valence-electron chi connectivity index (χ1n) is 20.2. The summed E-state index contributed by atoms with van der Waals surface area (Å²) in [6.45, 7) is 7.53. The molecule has 0 aliphatic carbocycles. The van der Waals surface area contributed by atoms with Gasteiger partial charge in [0.15, 0.2) is 0 Å². The minimum Gasteiger partial charge on any atom is -0.365 e. The average molecular weight is 791 g/mol. The first kappa shape index (κ1) is 40.7. The van der Waals surface area contributed by atoms with Gasteiger partial charge < -0.3 is 26.0 Å². The molecule has 59 heavy (non-hydrogen) atoms. The number of hydrogen-bond donors (Lipinski definition) is 4. The molecule has 11 heteroatoms. The Morgan fingerprint density at radius 1 is 0.492 bits per heavy atom. The zero-order valence-electron chi connectivity index (χ0n) is 33.7. The number of benzene rings is 4. The molecule has 2 aromatic heterocycles. The second-order valence-corrected chi connectivity index (χ2v) is 15.8. The summed E-state index contributed by atoms with van der Waals surface area (Å²) >= 11 is 0. The van der Waals surface area contributed by atoms with E-state index < -0.39 is 48.2 Å². The molecule has 0 saturated carbocycles. The number of rotatable bonds is 16. The number of nitrogens with zero attached hydrogens (tertiary/aromatic N) is 2. The third-order valence-corrected chi connectivity index (χ3v) is 10.7. The standard InChI is InChI=1S/C48H50N6O5/c1-29(2)41(53-45(55)37-25-23-33-19-11-13-21-35(33)49-37)47(57)51-39(27-31-15-7-5-8-16-31)43-44(59-43)40(28-32-17-9-6-10-18-32)52-48(58)42(30(3)4)54-46(56)38-26-24-34-20-12-14-22-36(34)50-38/h5-26,29-30,39-44H,27-28H2,1-4H3,(H,51,57)(H,52,58)(H,53,55)(H,54,56)/t39-,40-,41-,42-,43-,44+/m0/s1. The van der Waals surface area contributed by atoms with Crippen LogP contribution >= 0.6 is 0 Å². The number of para-hydroxylation sites is 2. The SMILES string of the molecule is CC(C)[C@H](NC(=O)c1ccc2ccccc2n1)C(=O)N[C@@H](Cc1ccccc1)[C@@H]1O[C@@H]1[C@H](Cc1ccccc1)NC(=O)[C@@H](NC(=O)c1ccc2ccccc2n1)C(C)C. The Bertz CT molecular complexity index is 2260. The fraction of sp³-hybridized carbons (Fsp3) is 0.292. The molecule has 1 saturated heterocycles. The van der Waals surface area contributed by atoms with Crippen LogP contribution in [0.15, 0.2) is 133 Å². The van der Waals surface area contributed by atoms with E-state index in [-0.39, 0.29) is 35.0 Å². The molecule has 302 valence electrons. The lowest BCUT2D eigenvalue weighted by atomic mass is 9.94. The van der Waals surface area contributed by atoms with Gasteiger partial charge >= 0.3 is 0 Å². The summed E-state index contributed by atoms with van der Waals surface area (Å²) in [5.41, 5.74) is 3.80. The number of nitrogens with one attached hydrogen (secondary N) is 4. The van der Waals surface area contributed by atoms with Crippen molar-refractivity contribution in [3.63, 3.8) is 0 Å². The highest BCUT2D eigenvalue weighted by Gasteiger charge is 2.51. The maximum Gasteiger partial charge on any atom is 0.270 e. The molecule has 11 nitrogen and oxygen atoms in total. The average Bonchev–Trinajstić information content (AvgIpc) is 4.05. The van der Waals surface area contributed by atoms with Gasteiger partial charge in [0.05, 0.1) is 23.1 Å². The lowest BCUT2D eigenvalue weighted by Crippen LogP contribution is -2.55. The van der Waals surface area contributed by atoms with Crippen molar-refractivity contribution in [3.05, 3.63) is 156 Å². The van der Waals surface area contributed by atoms with Crippen molar-refractivity contribution in [2.24, 2.45) is 11.8 Å². The number of aromatic nitrogens is 2. The number of carbonyl (C=O) groups excluding carboxylic acids is 4. The van der Waals surface area contributed by atoms with Crippen LogP contribution in [0.1, 0.15) is 59.8 Å². The number of hydrogen-bond acceptors (Lipinski definition) is 7. The van der Waals surface area contributed by atoms with E-state index in [0.717, 1.165) is 21.9 Å². The normalized spacial score (nSPS) is 16.8. The molecule has 6 aromatic rings. The molecule has 4 aromatic carbocycles. The molecular weight excluding hydrogens is 741 g/mol. The highest BCUT2D eigenvalue weighted by atomic mass is 16.6. The molecule has 4 amide bonds. The van der Waals surface area contributed by atoms with Crippen molar-refractivity contribution >= 4 is 45.4 Å². The Hall–Kier alpha value is -6.46.